The van der Waals surface area contributed by atoms with Crippen LogP contribution in [-0.2, 0) is 14.3 Å². The van der Waals surface area contributed by atoms with Crippen LogP contribution in [-0.4, -0.2) is 45.6 Å². The highest BCUT2D eigenvalue weighted by molar-refractivity contribution is 6.34. The summed E-state index contributed by atoms with van der Waals surface area (Å²) in [4.78, 5) is 42.7. The Morgan fingerprint density at radius 2 is 1.70 bits per heavy atom. The zero-order valence-electron chi connectivity index (χ0n) is 25.1. The molecular formula is C31H44ClN3O5. The minimum Gasteiger partial charge on any atom is -0.508 e. The van der Waals surface area contributed by atoms with Crippen LogP contribution in [0.3, 0.4) is 0 Å². The van der Waals surface area contributed by atoms with Gasteiger partial charge in [-0.1, -0.05) is 50.6 Å². The maximum Gasteiger partial charge on any atom is 0.408 e. The molecule has 3 amide bonds. The molecule has 8 nitrogen and oxygen atoms in total. The molecule has 0 spiro atoms. The molecule has 3 N–H and O–H groups in total. The first kappa shape index (κ1) is 32.9. The lowest BCUT2D eigenvalue weighted by molar-refractivity contribution is -0.143. The summed E-state index contributed by atoms with van der Waals surface area (Å²) in [6, 6.07) is 7.77. The van der Waals surface area contributed by atoms with E-state index in [-0.39, 0.29) is 17.7 Å². The van der Waals surface area contributed by atoms with Gasteiger partial charge in [0.15, 0.2) is 0 Å². The van der Waals surface area contributed by atoms with Crippen molar-refractivity contribution < 1.29 is 24.2 Å². The first-order valence-electron chi connectivity index (χ1n) is 13.7. The molecule has 0 radical (unpaired) electrons. The fraction of sp³-hybridized carbons (Fsp3) is 0.516. The Labute approximate surface area is 243 Å². The highest BCUT2D eigenvalue weighted by Gasteiger charge is 2.39. The van der Waals surface area contributed by atoms with E-state index in [9.17, 15) is 19.5 Å². The van der Waals surface area contributed by atoms with Crippen LogP contribution in [0.1, 0.15) is 84.0 Å². The third-order valence-electron chi connectivity index (χ3n) is 6.55. The van der Waals surface area contributed by atoms with Crippen molar-refractivity contribution in [2.45, 2.75) is 98.9 Å². The summed E-state index contributed by atoms with van der Waals surface area (Å²) in [5.74, 6) is -0.724. The minimum atomic E-state index is -1.08. The van der Waals surface area contributed by atoms with Crippen molar-refractivity contribution in [1.29, 1.82) is 0 Å². The van der Waals surface area contributed by atoms with Crippen LogP contribution in [0.4, 0.5) is 10.5 Å². The van der Waals surface area contributed by atoms with Gasteiger partial charge in [-0.05, 0) is 95.2 Å². The van der Waals surface area contributed by atoms with Gasteiger partial charge in [0.05, 0.1) is 10.7 Å². The highest BCUT2D eigenvalue weighted by atomic mass is 35.5. The number of para-hydroxylation sites is 1. The third kappa shape index (κ3) is 8.88. The predicted molar refractivity (Wildman–Crippen MR) is 160 cm³/mol. The summed E-state index contributed by atoms with van der Waals surface area (Å²) in [6.07, 6.45) is 0.194. The lowest BCUT2D eigenvalue weighted by Crippen LogP contribution is -2.55. The molecule has 0 aliphatic rings. The second kappa shape index (κ2) is 13.9. The van der Waals surface area contributed by atoms with E-state index in [4.69, 9.17) is 16.3 Å². The number of aromatic hydroxyl groups is 1. The molecule has 0 saturated heterocycles. The van der Waals surface area contributed by atoms with E-state index in [0.717, 1.165) is 5.56 Å². The molecule has 3 unspecified atom stereocenters. The molecule has 0 heterocycles. The molecule has 2 rings (SSSR count). The number of phenols is 1. The number of benzene rings is 2. The number of carbonyl (C=O) groups excluding carboxylic acids is 3. The number of aryl methyl sites for hydroxylation is 2. The van der Waals surface area contributed by atoms with Crippen molar-refractivity contribution >= 4 is 35.2 Å². The summed E-state index contributed by atoms with van der Waals surface area (Å²) in [6.45, 7) is 16.5. The molecule has 0 aliphatic carbocycles. The quantitative estimate of drug-likeness (QED) is 0.286. The lowest BCUT2D eigenvalue weighted by atomic mass is 9.96. The first-order chi connectivity index (χ1) is 18.5. The molecule has 2 aromatic rings. The summed E-state index contributed by atoms with van der Waals surface area (Å²) in [5.41, 5.74) is 1.56. The number of anilines is 1. The molecule has 9 heteroatoms. The normalized spacial score (nSPS) is 13.8. The topological polar surface area (TPSA) is 108 Å². The van der Waals surface area contributed by atoms with Crippen molar-refractivity contribution in [2.75, 3.05) is 5.32 Å². The van der Waals surface area contributed by atoms with Crippen LogP contribution in [0, 0.1) is 19.8 Å². The number of ether oxygens (including phenoxy) is 1. The van der Waals surface area contributed by atoms with E-state index in [1.165, 1.54) is 11.0 Å². The maximum absolute atomic E-state index is 14.3. The zero-order chi connectivity index (χ0) is 30.4. The lowest BCUT2D eigenvalue weighted by Gasteiger charge is -2.38. The Kier molecular flexibility index (Phi) is 11.4. The van der Waals surface area contributed by atoms with E-state index in [2.05, 4.69) is 10.6 Å². The van der Waals surface area contributed by atoms with Gasteiger partial charge in [0.2, 0.25) is 5.91 Å². The summed E-state index contributed by atoms with van der Waals surface area (Å²) < 4.78 is 5.45. The van der Waals surface area contributed by atoms with E-state index in [1.807, 2.05) is 40.7 Å². The molecule has 0 aliphatic heterocycles. The maximum atomic E-state index is 14.3. The SMILES string of the molecule is CCC(C)N(C(=O)C(CC(C)C)NC(=O)OC(C)(C)C)C(C(=O)Nc1c(C)cccc1Cl)c1ccc(O)c(C)c1. The molecule has 3 atom stereocenters. The zero-order valence-corrected chi connectivity index (χ0v) is 25.8. The van der Waals surface area contributed by atoms with Gasteiger partial charge in [-0.15, -0.1) is 0 Å². The van der Waals surface area contributed by atoms with Crippen molar-refractivity contribution in [1.82, 2.24) is 10.2 Å². The number of hydrogen-bond acceptors (Lipinski definition) is 5. The van der Waals surface area contributed by atoms with Crippen LogP contribution < -0.4 is 10.6 Å². The van der Waals surface area contributed by atoms with Crippen molar-refractivity contribution in [2.24, 2.45) is 5.92 Å². The van der Waals surface area contributed by atoms with Crippen molar-refractivity contribution in [3.05, 3.63) is 58.1 Å². The molecule has 0 bridgehead atoms. The van der Waals surface area contributed by atoms with Gasteiger partial charge in [-0.2, -0.15) is 0 Å². The number of carbonyl (C=O) groups is 3. The number of amides is 3. The first-order valence-corrected chi connectivity index (χ1v) is 14.1. The minimum absolute atomic E-state index is 0.0663. The Morgan fingerprint density at radius 3 is 2.23 bits per heavy atom. The van der Waals surface area contributed by atoms with Gasteiger partial charge in [0, 0.05) is 6.04 Å². The largest absolute Gasteiger partial charge is 0.508 e. The van der Waals surface area contributed by atoms with E-state index in [1.54, 1.807) is 52.0 Å². The van der Waals surface area contributed by atoms with E-state index >= 15 is 0 Å². The van der Waals surface area contributed by atoms with Crippen LogP contribution in [0.5, 0.6) is 5.75 Å². The number of rotatable bonds is 10. The summed E-state index contributed by atoms with van der Waals surface area (Å²) >= 11 is 6.43. The summed E-state index contributed by atoms with van der Waals surface area (Å²) in [5, 5.41) is 16.3. The molecule has 220 valence electrons. The van der Waals surface area contributed by atoms with Gasteiger partial charge < -0.3 is 25.4 Å². The third-order valence-corrected chi connectivity index (χ3v) is 6.86. The van der Waals surface area contributed by atoms with Crippen molar-refractivity contribution in [3.63, 3.8) is 0 Å². The smallest absolute Gasteiger partial charge is 0.408 e. The molecule has 0 fully saturated rings. The average molecular weight is 574 g/mol. The van der Waals surface area contributed by atoms with Crippen LogP contribution in [0.25, 0.3) is 0 Å². The molecule has 40 heavy (non-hydrogen) atoms. The molecule has 2 aromatic carbocycles. The van der Waals surface area contributed by atoms with Gasteiger partial charge in [0.1, 0.15) is 23.4 Å². The number of nitrogens with one attached hydrogen (secondary N) is 2. The van der Waals surface area contributed by atoms with Gasteiger partial charge in [-0.25, -0.2) is 4.79 Å². The number of nitrogens with zero attached hydrogens (tertiary/aromatic N) is 1. The van der Waals surface area contributed by atoms with E-state index in [0.29, 0.717) is 34.7 Å². The number of alkyl carbamates (subject to hydrolysis) is 1. The number of halogens is 1. The van der Waals surface area contributed by atoms with Crippen LogP contribution in [0.15, 0.2) is 36.4 Å². The second-order valence-corrected chi connectivity index (χ2v) is 12.1. The van der Waals surface area contributed by atoms with Crippen LogP contribution >= 0.6 is 11.6 Å². The monoisotopic (exact) mass is 573 g/mol. The highest BCUT2D eigenvalue weighted by Crippen LogP contribution is 2.33. The Bertz CT molecular complexity index is 1190. The predicted octanol–water partition coefficient (Wildman–Crippen LogP) is 6.91. The summed E-state index contributed by atoms with van der Waals surface area (Å²) in [7, 11) is 0. The van der Waals surface area contributed by atoms with Crippen molar-refractivity contribution in [3.8, 4) is 5.75 Å². The van der Waals surface area contributed by atoms with Gasteiger partial charge in [-0.3, -0.25) is 9.59 Å². The number of hydrogen-bond donors (Lipinski definition) is 3. The van der Waals surface area contributed by atoms with Crippen LogP contribution in [0.2, 0.25) is 5.02 Å². The standard InChI is InChI=1S/C31H44ClN3O5/c1-10-21(6)35(29(38)24(16-18(2)3)33-30(39)40-31(7,8)9)27(22-14-15-25(36)20(5)17-22)28(37)34-26-19(4)12-11-13-23(26)32/h11-15,17-18,21,24,27,36H,10,16H2,1-9H3,(H,33,39)(H,34,37). The number of phenolic OH excluding ortho intramolecular Hbond substituents is 1. The Hall–Kier alpha value is -3.26. The fourth-order valence-corrected chi connectivity index (χ4v) is 4.66. The van der Waals surface area contributed by atoms with E-state index < -0.39 is 35.6 Å². The van der Waals surface area contributed by atoms with Gasteiger partial charge in [0.25, 0.3) is 5.91 Å². The molecular weight excluding hydrogens is 530 g/mol. The fourth-order valence-electron chi connectivity index (χ4n) is 4.39. The Morgan fingerprint density at radius 1 is 1.05 bits per heavy atom. The second-order valence-electron chi connectivity index (χ2n) is 11.7. The molecule has 0 aromatic heterocycles. The Balaban J connectivity index is 2.65. The molecule has 0 saturated carbocycles. The van der Waals surface area contributed by atoms with Gasteiger partial charge >= 0.3 is 6.09 Å². The average Bonchev–Trinajstić information content (AvgIpc) is 2.83.